The molecule has 2 aliphatic rings. The summed E-state index contributed by atoms with van der Waals surface area (Å²) in [6.45, 7) is 2.03. The zero-order valence-corrected chi connectivity index (χ0v) is 17.2. The number of carbonyl (C=O) groups is 1. The number of Topliss-reactive ketones (excluding diaryl/α,β-unsaturated/α-hetero) is 1. The minimum atomic E-state index is -0.361. The molecule has 1 aliphatic carbocycles. The molecule has 2 heterocycles. The van der Waals surface area contributed by atoms with Gasteiger partial charge >= 0.3 is 0 Å². The number of hydrogen-bond donors (Lipinski definition) is 1. The summed E-state index contributed by atoms with van der Waals surface area (Å²) >= 11 is 5.12. The van der Waals surface area contributed by atoms with Crippen LogP contribution in [-0.2, 0) is 4.79 Å². The third-order valence-corrected chi connectivity index (χ3v) is 6.58. The highest BCUT2D eigenvalue weighted by Gasteiger charge is 2.40. The largest absolute Gasteiger partial charge is 0.384 e. The van der Waals surface area contributed by atoms with E-state index in [4.69, 9.17) is 5.73 Å². The number of halogens is 1. The molecule has 1 atom stereocenters. The number of thiophene rings is 1. The van der Waals surface area contributed by atoms with Crippen molar-refractivity contribution in [3.8, 4) is 6.07 Å². The van der Waals surface area contributed by atoms with Crippen LogP contribution in [0.25, 0.3) is 0 Å². The van der Waals surface area contributed by atoms with Gasteiger partial charge in [-0.3, -0.25) is 9.69 Å². The van der Waals surface area contributed by atoms with E-state index in [2.05, 4.69) is 22.0 Å². The van der Waals surface area contributed by atoms with Crippen LogP contribution in [0.15, 0.2) is 63.5 Å². The van der Waals surface area contributed by atoms with E-state index in [0.717, 1.165) is 44.0 Å². The van der Waals surface area contributed by atoms with Gasteiger partial charge in [-0.05, 0) is 50.1 Å². The van der Waals surface area contributed by atoms with Crippen molar-refractivity contribution in [3.05, 3.63) is 73.3 Å². The van der Waals surface area contributed by atoms with Crippen LogP contribution in [0, 0.1) is 18.3 Å². The molecule has 0 spiro atoms. The molecular formula is C21H18BrN3OS. The third kappa shape index (κ3) is 3.01. The summed E-state index contributed by atoms with van der Waals surface area (Å²) in [6, 6.07) is 14.1. The Labute approximate surface area is 170 Å². The molecule has 0 fully saturated rings. The average molecular weight is 440 g/mol. The fraction of sp³-hybridized carbons (Fsp3) is 0.238. The van der Waals surface area contributed by atoms with Crippen LogP contribution in [0.1, 0.15) is 34.9 Å². The maximum atomic E-state index is 13.0. The molecular weight excluding hydrogens is 422 g/mol. The second kappa shape index (κ2) is 6.99. The molecule has 27 heavy (non-hydrogen) atoms. The molecule has 0 bridgehead atoms. The maximum Gasteiger partial charge on any atom is 0.161 e. The number of aryl methyl sites for hydroxylation is 1. The lowest BCUT2D eigenvalue weighted by Crippen LogP contribution is -2.38. The number of anilines is 1. The zero-order valence-electron chi connectivity index (χ0n) is 14.8. The zero-order chi connectivity index (χ0) is 19.1. The van der Waals surface area contributed by atoms with Gasteiger partial charge in [-0.15, -0.1) is 11.3 Å². The second-order valence-electron chi connectivity index (χ2n) is 6.74. The van der Waals surface area contributed by atoms with Crippen molar-refractivity contribution in [2.75, 3.05) is 4.90 Å². The standard InChI is InChI=1S/C21H18BrN3OS/c1-12-8-9-18(27-12)19-15(11-23)21(24)25(14-5-2-4-13(22)10-14)16-6-3-7-17(26)20(16)19/h2,4-5,8-10,19H,3,6-7,24H2,1H3. The summed E-state index contributed by atoms with van der Waals surface area (Å²) in [7, 11) is 0. The van der Waals surface area contributed by atoms with Gasteiger partial charge in [0.05, 0.1) is 17.6 Å². The van der Waals surface area contributed by atoms with Gasteiger partial charge in [0.1, 0.15) is 5.82 Å². The van der Waals surface area contributed by atoms with Crippen LogP contribution >= 0.6 is 27.3 Å². The van der Waals surface area contributed by atoms with Crippen LogP contribution < -0.4 is 10.6 Å². The first-order chi connectivity index (χ1) is 13.0. The second-order valence-corrected chi connectivity index (χ2v) is 8.98. The van der Waals surface area contributed by atoms with Gasteiger partial charge in [0, 0.05) is 37.6 Å². The van der Waals surface area contributed by atoms with E-state index >= 15 is 0 Å². The van der Waals surface area contributed by atoms with E-state index in [1.807, 2.05) is 48.2 Å². The monoisotopic (exact) mass is 439 g/mol. The quantitative estimate of drug-likeness (QED) is 0.704. The molecule has 136 valence electrons. The molecule has 6 heteroatoms. The third-order valence-electron chi connectivity index (χ3n) is 5.03. The number of nitrogens with two attached hydrogens (primary N) is 1. The molecule has 0 saturated carbocycles. The highest BCUT2D eigenvalue weighted by atomic mass is 79.9. The van der Waals surface area contributed by atoms with Crippen LogP contribution in [-0.4, -0.2) is 5.78 Å². The van der Waals surface area contributed by atoms with Crippen LogP contribution in [0.5, 0.6) is 0 Å². The first-order valence-corrected chi connectivity index (χ1v) is 10.4. The molecule has 0 saturated heterocycles. The number of carbonyl (C=O) groups excluding carboxylic acids is 1. The van der Waals surface area contributed by atoms with Gasteiger partial charge < -0.3 is 5.73 Å². The van der Waals surface area contributed by atoms with Crippen molar-refractivity contribution in [3.63, 3.8) is 0 Å². The van der Waals surface area contributed by atoms with E-state index in [-0.39, 0.29) is 11.7 Å². The average Bonchev–Trinajstić information content (AvgIpc) is 3.07. The molecule has 1 aromatic carbocycles. The molecule has 1 aliphatic heterocycles. The van der Waals surface area contributed by atoms with Crippen molar-refractivity contribution < 1.29 is 4.79 Å². The summed E-state index contributed by atoms with van der Waals surface area (Å²) in [6.07, 6.45) is 2.09. The molecule has 2 N–H and O–H groups in total. The van der Waals surface area contributed by atoms with E-state index < -0.39 is 0 Å². The summed E-state index contributed by atoms with van der Waals surface area (Å²) in [4.78, 5) is 17.0. The molecule has 1 aromatic heterocycles. The molecule has 4 nitrogen and oxygen atoms in total. The number of rotatable bonds is 2. The number of nitrogens with zero attached hydrogens (tertiary/aromatic N) is 2. The highest BCUT2D eigenvalue weighted by Crippen LogP contribution is 2.47. The van der Waals surface area contributed by atoms with E-state index in [1.165, 1.54) is 0 Å². The predicted molar refractivity (Wildman–Crippen MR) is 111 cm³/mol. The summed E-state index contributed by atoms with van der Waals surface area (Å²) in [5, 5.41) is 9.94. The molecule has 0 radical (unpaired) electrons. The fourth-order valence-electron chi connectivity index (χ4n) is 3.89. The first-order valence-electron chi connectivity index (χ1n) is 8.79. The topological polar surface area (TPSA) is 70.1 Å². The minimum Gasteiger partial charge on any atom is -0.384 e. The van der Waals surface area contributed by atoms with Crippen molar-refractivity contribution in [1.29, 1.82) is 5.26 Å². The van der Waals surface area contributed by atoms with Gasteiger partial charge in [-0.2, -0.15) is 5.26 Å². The molecule has 4 rings (SSSR count). The number of allylic oxidation sites excluding steroid dienone is 3. The Hall–Kier alpha value is -2.36. The molecule has 1 unspecified atom stereocenters. The van der Waals surface area contributed by atoms with E-state index in [9.17, 15) is 10.1 Å². The lowest BCUT2D eigenvalue weighted by molar-refractivity contribution is -0.116. The van der Waals surface area contributed by atoms with Gasteiger partial charge in [0.15, 0.2) is 5.78 Å². The van der Waals surface area contributed by atoms with Gasteiger partial charge in [-0.25, -0.2) is 0 Å². The first kappa shape index (κ1) is 18.0. The van der Waals surface area contributed by atoms with Gasteiger partial charge in [0.2, 0.25) is 0 Å². The lowest BCUT2D eigenvalue weighted by atomic mass is 9.78. The minimum absolute atomic E-state index is 0.118. The van der Waals surface area contributed by atoms with Gasteiger partial charge in [0.25, 0.3) is 0 Å². The van der Waals surface area contributed by atoms with Gasteiger partial charge in [-0.1, -0.05) is 22.0 Å². The van der Waals surface area contributed by atoms with Crippen molar-refractivity contribution in [2.45, 2.75) is 32.1 Å². The number of nitriles is 1. The Morgan fingerprint density at radius 1 is 1.30 bits per heavy atom. The SMILES string of the molecule is Cc1ccc(C2C(C#N)=C(N)N(c3cccc(Br)c3)C3=C2C(=O)CCC3)s1. The molecule has 2 aromatic rings. The van der Waals surface area contributed by atoms with Crippen molar-refractivity contribution in [2.24, 2.45) is 5.73 Å². The molecule has 0 amide bonds. The Kier molecular flexibility index (Phi) is 4.67. The van der Waals surface area contributed by atoms with E-state index in [1.54, 1.807) is 11.3 Å². The van der Waals surface area contributed by atoms with Crippen LogP contribution in [0.3, 0.4) is 0 Å². The number of benzene rings is 1. The lowest BCUT2D eigenvalue weighted by Gasteiger charge is -2.39. The predicted octanol–water partition coefficient (Wildman–Crippen LogP) is 5.12. The Morgan fingerprint density at radius 2 is 2.11 bits per heavy atom. The van der Waals surface area contributed by atoms with Crippen molar-refractivity contribution in [1.82, 2.24) is 0 Å². The van der Waals surface area contributed by atoms with Crippen molar-refractivity contribution >= 4 is 38.7 Å². The summed E-state index contributed by atoms with van der Waals surface area (Å²) in [5.41, 5.74) is 9.50. The maximum absolute atomic E-state index is 13.0. The number of ketones is 1. The normalized spacial score (nSPS) is 20.0. The summed E-state index contributed by atoms with van der Waals surface area (Å²) < 4.78 is 0.923. The van der Waals surface area contributed by atoms with E-state index in [0.29, 0.717) is 17.8 Å². The Balaban J connectivity index is 1.97. The smallest absolute Gasteiger partial charge is 0.161 e. The summed E-state index contributed by atoms with van der Waals surface area (Å²) in [5.74, 6) is 0.174. The fourth-order valence-corrected chi connectivity index (χ4v) is 5.27. The highest BCUT2D eigenvalue weighted by molar-refractivity contribution is 9.10. The van der Waals surface area contributed by atoms with Crippen LogP contribution in [0.4, 0.5) is 5.69 Å². The Morgan fingerprint density at radius 3 is 2.78 bits per heavy atom. The Bertz CT molecular complexity index is 1040. The van der Waals surface area contributed by atoms with Crippen LogP contribution in [0.2, 0.25) is 0 Å². The number of hydrogen-bond acceptors (Lipinski definition) is 5.